The van der Waals surface area contributed by atoms with E-state index >= 15 is 0 Å². The molecular formula is C24H25N3O3. The van der Waals surface area contributed by atoms with Crippen molar-refractivity contribution in [3.8, 4) is 11.8 Å². The van der Waals surface area contributed by atoms with Crippen LogP contribution >= 0.6 is 0 Å². The van der Waals surface area contributed by atoms with E-state index in [4.69, 9.17) is 4.74 Å². The average Bonchev–Trinajstić information content (AvgIpc) is 3.28. The molecule has 6 heteroatoms. The highest BCUT2D eigenvalue weighted by Crippen LogP contribution is 2.19. The van der Waals surface area contributed by atoms with Crippen molar-refractivity contribution in [1.29, 1.82) is 5.26 Å². The summed E-state index contributed by atoms with van der Waals surface area (Å²) in [4.78, 5) is 26.4. The number of nitrogens with one attached hydrogen (secondary N) is 1. The van der Waals surface area contributed by atoms with Gasteiger partial charge in [0.15, 0.2) is 6.61 Å². The Kier molecular flexibility index (Phi) is 6.87. The molecule has 0 radical (unpaired) electrons. The predicted molar refractivity (Wildman–Crippen MR) is 116 cm³/mol. The number of carbonyl (C=O) groups excluding carboxylic acids is 2. The van der Waals surface area contributed by atoms with Gasteiger partial charge in [-0.3, -0.25) is 9.59 Å². The first-order valence-electron chi connectivity index (χ1n) is 9.97. The van der Waals surface area contributed by atoms with E-state index in [0.29, 0.717) is 17.0 Å². The van der Waals surface area contributed by atoms with Crippen LogP contribution in [0.1, 0.15) is 29.5 Å². The minimum Gasteiger partial charge on any atom is -0.484 e. The standard InChI is InChI=1S/C24H25N3O3/c1-17-5-6-18(2)22(13-17)26-24(29)20(15-25)14-19-7-9-21(10-8-19)30-16-23(28)27-11-3-4-12-27/h5-10,13-14H,3-4,11-12,16H2,1-2H3,(H,26,29)/b20-14+. The quantitative estimate of drug-likeness (QED) is 0.587. The Bertz CT molecular complexity index is 997. The number of carbonyl (C=O) groups is 2. The molecule has 1 aliphatic rings. The van der Waals surface area contributed by atoms with Gasteiger partial charge in [0.2, 0.25) is 0 Å². The second-order valence-electron chi connectivity index (χ2n) is 7.39. The molecule has 1 aliphatic heterocycles. The minimum atomic E-state index is -0.456. The van der Waals surface area contributed by atoms with Crippen molar-refractivity contribution in [3.05, 3.63) is 64.7 Å². The number of rotatable bonds is 6. The van der Waals surface area contributed by atoms with E-state index in [1.165, 1.54) is 6.08 Å². The highest BCUT2D eigenvalue weighted by Gasteiger charge is 2.18. The molecule has 1 heterocycles. The van der Waals surface area contributed by atoms with Crippen molar-refractivity contribution in [2.24, 2.45) is 0 Å². The molecule has 1 N–H and O–H groups in total. The molecule has 0 aliphatic carbocycles. The maximum Gasteiger partial charge on any atom is 0.266 e. The first-order valence-corrected chi connectivity index (χ1v) is 9.97. The van der Waals surface area contributed by atoms with Gasteiger partial charge in [0.1, 0.15) is 17.4 Å². The summed E-state index contributed by atoms with van der Waals surface area (Å²) in [7, 11) is 0. The molecule has 2 aromatic rings. The summed E-state index contributed by atoms with van der Waals surface area (Å²) >= 11 is 0. The van der Waals surface area contributed by atoms with E-state index in [2.05, 4.69) is 5.32 Å². The van der Waals surface area contributed by atoms with Crippen LogP contribution in [0, 0.1) is 25.2 Å². The van der Waals surface area contributed by atoms with Gasteiger partial charge in [-0.15, -0.1) is 0 Å². The topological polar surface area (TPSA) is 82.4 Å². The zero-order valence-corrected chi connectivity index (χ0v) is 17.3. The number of nitriles is 1. The van der Waals surface area contributed by atoms with Crippen LogP contribution in [-0.4, -0.2) is 36.4 Å². The Morgan fingerprint density at radius 2 is 1.83 bits per heavy atom. The minimum absolute atomic E-state index is 0.00801. The second kappa shape index (κ2) is 9.75. The van der Waals surface area contributed by atoms with Crippen molar-refractivity contribution in [1.82, 2.24) is 4.90 Å². The van der Waals surface area contributed by atoms with Gasteiger partial charge in [0.25, 0.3) is 11.8 Å². The highest BCUT2D eigenvalue weighted by atomic mass is 16.5. The molecule has 0 saturated carbocycles. The van der Waals surface area contributed by atoms with Crippen molar-refractivity contribution in [2.75, 3.05) is 25.0 Å². The zero-order chi connectivity index (χ0) is 21.5. The summed E-state index contributed by atoms with van der Waals surface area (Å²) in [6.07, 6.45) is 3.62. The Morgan fingerprint density at radius 3 is 2.50 bits per heavy atom. The van der Waals surface area contributed by atoms with E-state index in [1.54, 1.807) is 24.3 Å². The fourth-order valence-electron chi connectivity index (χ4n) is 3.24. The van der Waals surface area contributed by atoms with Gasteiger partial charge in [-0.05, 0) is 67.7 Å². The van der Waals surface area contributed by atoms with Crippen molar-refractivity contribution < 1.29 is 14.3 Å². The zero-order valence-electron chi connectivity index (χ0n) is 17.3. The third-order valence-corrected chi connectivity index (χ3v) is 5.02. The lowest BCUT2D eigenvalue weighted by Gasteiger charge is -2.15. The van der Waals surface area contributed by atoms with E-state index < -0.39 is 5.91 Å². The second-order valence-corrected chi connectivity index (χ2v) is 7.39. The van der Waals surface area contributed by atoms with Crippen LogP contribution in [0.3, 0.4) is 0 Å². The van der Waals surface area contributed by atoms with Crippen molar-refractivity contribution in [2.45, 2.75) is 26.7 Å². The SMILES string of the molecule is Cc1ccc(C)c(NC(=O)/C(C#N)=C/c2ccc(OCC(=O)N3CCCC3)cc2)c1. The summed E-state index contributed by atoms with van der Waals surface area (Å²) in [5.74, 6) is 0.104. The Balaban J connectivity index is 1.62. The first kappa shape index (κ1) is 21.1. The number of nitrogens with zero attached hydrogens (tertiary/aromatic N) is 2. The Hall–Kier alpha value is -3.59. The summed E-state index contributed by atoms with van der Waals surface area (Å²) in [5, 5.41) is 12.2. The molecular weight excluding hydrogens is 378 g/mol. The van der Waals surface area contributed by atoms with Gasteiger partial charge >= 0.3 is 0 Å². The molecule has 0 aromatic heterocycles. The van der Waals surface area contributed by atoms with Crippen LogP contribution < -0.4 is 10.1 Å². The number of aryl methyl sites for hydroxylation is 2. The van der Waals surface area contributed by atoms with Crippen LogP contribution in [0.25, 0.3) is 6.08 Å². The van der Waals surface area contributed by atoms with Crippen LogP contribution in [0.4, 0.5) is 5.69 Å². The first-order chi connectivity index (χ1) is 14.5. The van der Waals surface area contributed by atoms with Gasteiger partial charge in [-0.1, -0.05) is 24.3 Å². The van der Waals surface area contributed by atoms with Crippen LogP contribution in [0.2, 0.25) is 0 Å². The fraction of sp³-hybridized carbons (Fsp3) is 0.292. The highest BCUT2D eigenvalue weighted by molar-refractivity contribution is 6.10. The number of likely N-dealkylation sites (tertiary alicyclic amines) is 1. The smallest absolute Gasteiger partial charge is 0.266 e. The molecule has 1 fully saturated rings. The summed E-state index contributed by atoms with van der Waals surface area (Å²) in [5.41, 5.74) is 3.34. The molecule has 3 rings (SSSR count). The van der Waals surface area contributed by atoms with Crippen LogP contribution in [-0.2, 0) is 9.59 Å². The van der Waals surface area contributed by atoms with Crippen LogP contribution in [0.15, 0.2) is 48.0 Å². The Labute approximate surface area is 176 Å². The molecule has 2 aromatic carbocycles. The van der Waals surface area contributed by atoms with Gasteiger partial charge in [-0.2, -0.15) is 5.26 Å². The van der Waals surface area contributed by atoms with E-state index in [1.807, 2.05) is 43.0 Å². The third kappa shape index (κ3) is 5.48. The molecule has 1 saturated heterocycles. The monoisotopic (exact) mass is 403 g/mol. The van der Waals surface area contributed by atoms with Gasteiger partial charge in [0, 0.05) is 18.8 Å². The molecule has 6 nitrogen and oxygen atoms in total. The summed E-state index contributed by atoms with van der Waals surface area (Å²) < 4.78 is 5.56. The molecule has 0 atom stereocenters. The predicted octanol–water partition coefficient (Wildman–Crippen LogP) is 3.85. The third-order valence-electron chi connectivity index (χ3n) is 5.02. The number of hydrogen-bond acceptors (Lipinski definition) is 4. The average molecular weight is 403 g/mol. The molecule has 0 bridgehead atoms. The lowest BCUT2D eigenvalue weighted by atomic mass is 10.1. The lowest BCUT2D eigenvalue weighted by molar-refractivity contribution is -0.132. The number of amides is 2. The number of ether oxygens (including phenoxy) is 1. The van der Waals surface area contributed by atoms with E-state index in [9.17, 15) is 14.9 Å². The van der Waals surface area contributed by atoms with E-state index in [0.717, 1.165) is 37.1 Å². The summed E-state index contributed by atoms with van der Waals surface area (Å²) in [6.45, 7) is 5.45. The van der Waals surface area contributed by atoms with Crippen LogP contribution in [0.5, 0.6) is 5.75 Å². The fourth-order valence-corrected chi connectivity index (χ4v) is 3.24. The van der Waals surface area contributed by atoms with Crippen molar-refractivity contribution >= 4 is 23.6 Å². The molecule has 30 heavy (non-hydrogen) atoms. The molecule has 2 amide bonds. The number of hydrogen-bond donors (Lipinski definition) is 1. The Morgan fingerprint density at radius 1 is 1.13 bits per heavy atom. The largest absolute Gasteiger partial charge is 0.484 e. The van der Waals surface area contributed by atoms with Crippen molar-refractivity contribution in [3.63, 3.8) is 0 Å². The maximum absolute atomic E-state index is 12.5. The molecule has 0 unspecified atom stereocenters. The summed E-state index contributed by atoms with van der Waals surface area (Å²) in [6, 6.07) is 14.7. The maximum atomic E-state index is 12.5. The van der Waals surface area contributed by atoms with E-state index in [-0.39, 0.29) is 18.1 Å². The lowest BCUT2D eigenvalue weighted by Crippen LogP contribution is -2.32. The number of benzene rings is 2. The van der Waals surface area contributed by atoms with Gasteiger partial charge in [0.05, 0.1) is 0 Å². The molecule has 154 valence electrons. The molecule has 0 spiro atoms. The normalized spacial score (nSPS) is 13.6. The van der Waals surface area contributed by atoms with Gasteiger partial charge < -0.3 is 15.0 Å². The van der Waals surface area contributed by atoms with Gasteiger partial charge in [-0.25, -0.2) is 0 Å². The number of anilines is 1.